The van der Waals surface area contributed by atoms with Crippen LogP contribution in [0.3, 0.4) is 0 Å². The number of hydrogen-bond acceptors (Lipinski definition) is 5. The van der Waals surface area contributed by atoms with Gasteiger partial charge in [0, 0.05) is 42.7 Å². The summed E-state index contributed by atoms with van der Waals surface area (Å²) in [6, 6.07) is 8.24. The van der Waals surface area contributed by atoms with Gasteiger partial charge in [0.25, 0.3) is 11.8 Å². The monoisotopic (exact) mass is 643 g/mol. The number of carboxylic acid groups (broad SMARTS) is 1. The van der Waals surface area contributed by atoms with Crippen molar-refractivity contribution in [3.05, 3.63) is 70.8 Å². The van der Waals surface area contributed by atoms with Gasteiger partial charge in [-0.25, -0.2) is 8.78 Å². The third-order valence-corrected chi connectivity index (χ3v) is 8.61. The van der Waals surface area contributed by atoms with Crippen molar-refractivity contribution < 1.29 is 38.2 Å². The average molecular weight is 644 g/mol. The van der Waals surface area contributed by atoms with Crippen molar-refractivity contribution in [2.75, 3.05) is 19.6 Å². The summed E-state index contributed by atoms with van der Waals surface area (Å²) in [4.78, 5) is 52.4. The highest BCUT2D eigenvalue weighted by molar-refractivity contribution is 5.99. The average Bonchev–Trinajstić information content (AvgIpc) is 3.02. The number of aliphatic carboxylic acids is 1. The zero-order valence-electron chi connectivity index (χ0n) is 26.9. The molecule has 3 rings (SSSR count). The predicted molar refractivity (Wildman–Crippen MR) is 170 cm³/mol. The molecule has 2 aromatic carbocycles. The Bertz CT molecular complexity index is 1320. The number of amides is 3. The molecule has 3 atom stereocenters. The molecule has 1 saturated carbocycles. The second-order valence-electron chi connectivity index (χ2n) is 12.4. The van der Waals surface area contributed by atoms with Crippen molar-refractivity contribution in [3.63, 3.8) is 0 Å². The number of carbonyl (C=O) groups is 4. The molecule has 1 unspecified atom stereocenters. The molecule has 1 aliphatic carbocycles. The second-order valence-corrected chi connectivity index (χ2v) is 12.4. The Morgan fingerprint density at radius 2 is 1.54 bits per heavy atom. The molecule has 1 fully saturated rings. The Labute approximate surface area is 269 Å². The molecule has 46 heavy (non-hydrogen) atoms. The van der Waals surface area contributed by atoms with Crippen LogP contribution in [0.4, 0.5) is 8.78 Å². The van der Waals surface area contributed by atoms with Crippen LogP contribution >= 0.6 is 0 Å². The lowest BCUT2D eigenvalue weighted by Crippen LogP contribution is -2.46. The summed E-state index contributed by atoms with van der Waals surface area (Å²) >= 11 is 0. The van der Waals surface area contributed by atoms with Crippen LogP contribution in [0.15, 0.2) is 42.5 Å². The van der Waals surface area contributed by atoms with Gasteiger partial charge in [-0.2, -0.15) is 0 Å². The van der Waals surface area contributed by atoms with Gasteiger partial charge in [0.05, 0.1) is 18.1 Å². The number of nitrogens with one attached hydrogen (secondary N) is 2. The van der Waals surface area contributed by atoms with Crippen LogP contribution in [0.1, 0.15) is 92.0 Å². The Hall–Kier alpha value is -3.86. The molecule has 4 N–H and O–H groups in total. The molecular formula is C35H47F2N3O6. The van der Waals surface area contributed by atoms with E-state index in [9.17, 15) is 38.2 Å². The summed E-state index contributed by atoms with van der Waals surface area (Å²) in [6.07, 6.45) is 2.72. The summed E-state index contributed by atoms with van der Waals surface area (Å²) in [7, 11) is 0. The predicted octanol–water partition coefficient (Wildman–Crippen LogP) is 4.96. The molecule has 9 nitrogen and oxygen atoms in total. The molecule has 0 heterocycles. The van der Waals surface area contributed by atoms with Crippen molar-refractivity contribution >= 4 is 23.7 Å². The van der Waals surface area contributed by atoms with E-state index in [1.165, 1.54) is 6.07 Å². The van der Waals surface area contributed by atoms with Crippen molar-refractivity contribution in [2.45, 2.75) is 84.3 Å². The smallest absolute Gasteiger partial charge is 0.306 e. The van der Waals surface area contributed by atoms with E-state index >= 15 is 0 Å². The highest BCUT2D eigenvalue weighted by Crippen LogP contribution is 2.28. The molecule has 0 bridgehead atoms. The zero-order chi connectivity index (χ0) is 33.8. The minimum absolute atomic E-state index is 0.0398. The third kappa shape index (κ3) is 10.9. The minimum atomic E-state index is -1.25. The van der Waals surface area contributed by atoms with E-state index in [0.717, 1.165) is 31.0 Å². The van der Waals surface area contributed by atoms with E-state index in [1.54, 1.807) is 30.0 Å². The molecule has 252 valence electrons. The fourth-order valence-corrected chi connectivity index (χ4v) is 6.01. The summed E-state index contributed by atoms with van der Waals surface area (Å²) < 4.78 is 28.0. The number of nitrogens with zero attached hydrogens (tertiary/aromatic N) is 1. The lowest BCUT2D eigenvalue weighted by atomic mass is 9.82. The summed E-state index contributed by atoms with van der Waals surface area (Å²) in [6.45, 7) is 7.17. The fourth-order valence-electron chi connectivity index (χ4n) is 6.01. The van der Waals surface area contributed by atoms with E-state index in [4.69, 9.17) is 0 Å². The third-order valence-electron chi connectivity index (χ3n) is 8.61. The Morgan fingerprint density at radius 1 is 0.935 bits per heavy atom. The highest BCUT2D eigenvalue weighted by atomic mass is 19.1. The van der Waals surface area contributed by atoms with Crippen molar-refractivity contribution in [3.8, 4) is 0 Å². The maximum Gasteiger partial charge on any atom is 0.306 e. The minimum Gasteiger partial charge on any atom is -0.481 e. The molecule has 0 aliphatic heterocycles. The van der Waals surface area contributed by atoms with E-state index < -0.39 is 41.6 Å². The van der Waals surface area contributed by atoms with Gasteiger partial charge in [-0.05, 0) is 93.2 Å². The van der Waals surface area contributed by atoms with Gasteiger partial charge >= 0.3 is 5.97 Å². The first-order valence-electron chi connectivity index (χ1n) is 16.2. The number of halogens is 2. The summed E-state index contributed by atoms with van der Waals surface area (Å²) in [5.41, 5.74) is 0.750. The first-order chi connectivity index (χ1) is 21.9. The topological polar surface area (TPSA) is 136 Å². The van der Waals surface area contributed by atoms with Crippen LogP contribution in [0.5, 0.6) is 0 Å². The number of rotatable bonds is 16. The van der Waals surface area contributed by atoms with Crippen LogP contribution in [0, 0.1) is 29.4 Å². The maximum atomic E-state index is 14.0. The number of aliphatic hydroxyl groups excluding tert-OH is 1. The van der Waals surface area contributed by atoms with Gasteiger partial charge < -0.3 is 25.7 Å². The number of carbonyl (C=O) groups excluding carboxylic acids is 3. The van der Waals surface area contributed by atoms with E-state index in [2.05, 4.69) is 10.6 Å². The van der Waals surface area contributed by atoms with Gasteiger partial charge in [0.2, 0.25) is 5.91 Å². The largest absolute Gasteiger partial charge is 0.481 e. The van der Waals surface area contributed by atoms with Gasteiger partial charge in [0.1, 0.15) is 11.6 Å². The van der Waals surface area contributed by atoms with Crippen molar-refractivity contribution in [1.29, 1.82) is 0 Å². The van der Waals surface area contributed by atoms with E-state index in [-0.39, 0.29) is 47.6 Å². The lowest BCUT2D eigenvalue weighted by Gasteiger charge is -2.28. The van der Waals surface area contributed by atoms with E-state index in [0.29, 0.717) is 50.9 Å². The van der Waals surface area contributed by atoms with Gasteiger partial charge in [-0.15, -0.1) is 0 Å². The molecule has 3 amide bonds. The number of benzene rings is 2. The maximum absolute atomic E-state index is 14.0. The van der Waals surface area contributed by atoms with Crippen LogP contribution in [-0.4, -0.2) is 70.6 Å². The van der Waals surface area contributed by atoms with Crippen LogP contribution in [0.2, 0.25) is 0 Å². The first-order valence-corrected chi connectivity index (χ1v) is 16.2. The molecule has 2 aromatic rings. The van der Waals surface area contributed by atoms with Crippen LogP contribution in [0.25, 0.3) is 0 Å². The Kier molecular flexibility index (Phi) is 14.1. The van der Waals surface area contributed by atoms with Crippen molar-refractivity contribution in [2.24, 2.45) is 17.8 Å². The molecule has 0 saturated heterocycles. The Morgan fingerprint density at radius 3 is 2.13 bits per heavy atom. The molecule has 1 aliphatic rings. The Balaban J connectivity index is 1.71. The second kappa shape index (κ2) is 17.7. The SMILES string of the molecule is CCCN(CCC)C(=O)c1cccc(C(=O)NC(Cc2cc(F)cc(F)c2)[C@@H](O)C[C@@H](C)C(=O)NCC2CCC(C(=O)O)CC2)c1. The molecule has 0 radical (unpaired) electrons. The van der Waals surface area contributed by atoms with Gasteiger partial charge in [-0.3, -0.25) is 19.2 Å². The standard InChI is InChI=1S/C35H47F2N3O6/c1-4-13-40(14-5-2)34(44)27-8-6-7-26(19-27)33(43)39-30(18-24-16-28(36)20-29(37)17-24)31(41)15-22(3)32(42)38-21-23-9-11-25(12-10-23)35(45)46/h6-8,16-17,19-20,22-23,25,30-31,41H,4-5,9-15,18,21H2,1-3H3,(H,38,42)(H,39,43)(H,45,46)/t22-,23?,25?,30?,31+/m1/s1. The summed E-state index contributed by atoms with van der Waals surface area (Å²) in [5, 5.41) is 26.1. The molecule has 0 aromatic heterocycles. The number of hydrogen-bond donors (Lipinski definition) is 4. The van der Waals surface area contributed by atoms with Crippen molar-refractivity contribution in [1.82, 2.24) is 15.5 Å². The highest BCUT2D eigenvalue weighted by Gasteiger charge is 2.29. The zero-order valence-corrected chi connectivity index (χ0v) is 26.9. The van der Waals surface area contributed by atoms with Crippen LogP contribution in [-0.2, 0) is 16.0 Å². The number of aliphatic hydroxyl groups is 1. The molecule has 11 heteroatoms. The first kappa shape index (κ1) is 36.6. The van der Waals surface area contributed by atoms with Gasteiger partial charge in [0.15, 0.2) is 0 Å². The number of carboxylic acids is 1. The van der Waals surface area contributed by atoms with Gasteiger partial charge in [-0.1, -0.05) is 26.8 Å². The summed E-state index contributed by atoms with van der Waals surface area (Å²) in [5.74, 6) is -4.29. The quantitative estimate of drug-likeness (QED) is 0.204. The fraction of sp³-hybridized carbons (Fsp3) is 0.543. The normalized spacial score (nSPS) is 18.2. The molecular weight excluding hydrogens is 596 g/mol. The lowest BCUT2D eigenvalue weighted by molar-refractivity contribution is -0.143. The van der Waals surface area contributed by atoms with E-state index in [1.807, 2.05) is 13.8 Å². The van der Waals surface area contributed by atoms with Crippen LogP contribution < -0.4 is 10.6 Å². The molecule has 0 spiro atoms.